The predicted molar refractivity (Wildman–Crippen MR) is 150 cm³/mol. The Morgan fingerprint density at radius 2 is 1.62 bits per heavy atom. The second-order valence-corrected chi connectivity index (χ2v) is 8.27. The summed E-state index contributed by atoms with van der Waals surface area (Å²) < 4.78 is 0. The van der Waals surface area contributed by atoms with Crippen LogP contribution < -0.4 is 16.0 Å². The Morgan fingerprint density at radius 1 is 0.946 bits per heavy atom. The van der Waals surface area contributed by atoms with Gasteiger partial charge in [0, 0.05) is 57.3 Å². The van der Waals surface area contributed by atoms with Gasteiger partial charge in [-0.25, -0.2) is 4.99 Å². The van der Waals surface area contributed by atoms with Gasteiger partial charge in [-0.3, -0.25) is 9.78 Å². The molecule has 0 aliphatic heterocycles. The van der Waals surface area contributed by atoms with Crippen LogP contribution in [0.2, 0.25) is 0 Å². The summed E-state index contributed by atoms with van der Waals surface area (Å²) in [6, 6.07) is 26.2. The molecule has 3 N–H and O–H groups in total. The molecule has 0 saturated carbocycles. The van der Waals surface area contributed by atoms with Crippen molar-refractivity contribution < 1.29 is 4.79 Å². The number of rotatable bonds is 7. The van der Waals surface area contributed by atoms with Crippen molar-refractivity contribution in [1.82, 2.24) is 4.98 Å². The summed E-state index contributed by atoms with van der Waals surface area (Å²) in [6.07, 6.45) is 8.76. The maximum Gasteiger partial charge on any atom is 0.255 e. The molecule has 1 heterocycles. The zero-order chi connectivity index (χ0) is 26.2. The van der Waals surface area contributed by atoms with E-state index in [1.807, 2.05) is 68.5 Å². The number of aromatic nitrogens is 1. The third-order valence-electron chi connectivity index (χ3n) is 5.45. The second kappa shape index (κ2) is 11.4. The van der Waals surface area contributed by atoms with Gasteiger partial charge in [0.15, 0.2) is 0 Å². The molecule has 180 valence electrons. The third-order valence-corrected chi connectivity index (χ3v) is 5.45. The van der Waals surface area contributed by atoms with Crippen LogP contribution in [0, 0.1) is 23.8 Å². The number of nitrogens with one attached hydrogen (secondary N) is 3. The number of carbonyl (C=O) groups is 1. The normalized spacial score (nSPS) is 11.4. The Hall–Kier alpha value is -5.40. The molecule has 0 bridgehead atoms. The highest BCUT2D eigenvalue weighted by molar-refractivity contribution is 6.04. The summed E-state index contributed by atoms with van der Waals surface area (Å²) >= 11 is 0. The van der Waals surface area contributed by atoms with Gasteiger partial charge in [-0.1, -0.05) is 6.42 Å². The average molecular weight is 485 g/mol. The van der Waals surface area contributed by atoms with Crippen LogP contribution in [0.1, 0.15) is 29.8 Å². The first-order chi connectivity index (χ1) is 17.9. The molecule has 0 spiro atoms. The van der Waals surface area contributed by atoms with E-state index < -0.39 is 0 Å². The number of anilines is 4. The van der Waals surface area contributed by atoms with E-state index in [4.69, 9.17) is 6.42 Å². The Labute approximate surface area is 215 Å². The molecule has 1 amide bonds. The summed E-state index contributed by atoms with van der Waals surface area (Å²) in [5, 5.41) is 19.6. The summed E-state index contributed by atoms with van der Waals surface area (Å²) in [5.41, 5.74) is 6.72. The van der Waals surface area contributed by atoms with Crippen molar-refractivity contribution in [2.75, 3.05) is 16.0 Å². The Balaban J connectivity index is 1.40. The standard InChI is InChI=1S/C30H24N6O/c1-4-32-20(2)17-21(3)34-24-10-12-26(13-11-24)36-30(37)23-6-8-25(9-7-23)35-29-15-16-33-28-14-5-22(19-31)18-27(28)29/h1,5-18,34H,2-3H3,(H,33,35)(H,36,37)/b21-17+,32-20?. The van der Waals surface area contributed by atoms with Gasteiger partial charge in [0.2, 0.25) is 0 Å². The first-order valence-electron chi connectivity index (χ1n) is 11.5. The third kappa shape index (κ3) is 6.39. The van der Waals surface area contributed by atoms with Crippen LogP contribution in [-0.2, 0) is 0 Å². The molecular weight excluding hydrogens is 460 g/mol. The van der Waals surface area contributed by atoms with Crippen LogP contribution in [0.25, 0.3) is 10.9 Å². The molecule has 0 fully saturated rings. The fourth-order valence-corrected chi connectivity index (χ4v) is 3.74. The van der Waals surface area contributed by atoms with Crippen LogP contribution in [0.5, 0.6) is 0 Å². The quantitative estimate of drug-likeness (QED) is 0.206. The zero-order valence-electron chi connectivity index (χ0n) is 20.4. The van der Waals surface area contributed by atoms with Crippen molar-refractivity contribution in [3.05, 3.63) is 102 Å². The van der Waals surface area contributed by atoms with E-state index in [0.717, 1.165) is 39.4 Å². The maximum absolute atomic E-state index is 12.8. The molecule has 1 aromatic heterocycles. The minimum Gasteiger partial charge on any atom is -0.359 e. The van der Waals surface area contributed by atoms with Gasteiger partial charge in [0.05, 0.1) is 17.1 Å². The zero-order valence-corrected chi connectivity index (χ0v) is 20.4. The van der Waals surface area contributed by atoms with E-state index in [1.165, 1.54) is 0 Å². The number of fused-ring (bicyclic) bond motifs is 1. The van der Waals surface area contributed by atoms with Gasteiger partial charge in [-0.05, 0) is 92.7 Å². The number of nitriles is 1. The van der Waals surface area contributed by atoms with E-state index in [2.05, 4.69) is 38.0 Å². The SMILES string of the molecule is C#CN=C(C)/C=C(\C)Nc1ccc(NC(=O)c2ccc(Nc3ccnc4ccc(C#N)cc34)cc2)cc1. The van der Waals surface area contributed by atoms with Crippen LogP contribution in [0.4, 0.5) is 22.7 Å². The van der Waals surface area contributed by atoms with Crippen LogP contribution in [0.15, 0.2) is 95.8 Å². The van der Waals surface area contributed by atoms with Gasteiger partial charge in [-0.15, -0.1) is 0 Å². The molecule has 0 aliphatic rings. The fraction of sp³-hybridized carbons (Fsp3) is 0.0667. The summed E-state index contributed by atoms with van der Waals surface area (Å²) in [5.74, 6) is -0.211. The number of pyridine rings is 1. The lowest BCUT2D eigenvalue weighted by molar-refractivity contribution is 0.102. The number of carbonyl (C=O) groups excluding carboxylic acids is 1. The van der Waals surface area contributed by atoms with Crippen molar-refractivity contribution in [2.24, 2.45) is 4.99 Å². The molecule has 0 saturated heterocycles. The molecule has 7 nitrogen and oxygen atoms in total. The maximum atomic E-state index is 12.8. The molecular formula is C30H24N6O. The minimum atomic E-state index is -0.211. The summed E-state index contributed by atoms with van der Waals surface area (Å²) in [4.78, 5) is 21.0. The molecule has 0 atom stereocenters. The molecule has 7 heteroatoms. The monoisotopic (exact) mass is 484 g/mol. The number of hydrogen-bond acceptors (Lipinski definition) is 6. The highest BCUT2D eigenvalue weighted by atomic mass is 16.1. The minimum absolute atomic E-state index is 0.211. The van der Waals surface area contributed by atoms with Crippen molar-refractivity contribution >= 4 is 45.3 Å². The number of aliphatic imine (C=N–C) groups is 1. The number of allylic oxidation sites excluding steroid dienone is 2. The van der Waals surface area contributed by atoms with Crippen molar-refractivity contribution in [2.45, 2.75) is 13.8 Å². The van der Waals surface area contributed by atoms with Gasteiger partial charge >= 0.3 is 0 Å². The van der Waals surface area contributed by atoms with E-state index in [0.29, 0.717) is 16.8 Å². The highest BCUT2D eigenvalue weighted by Gasteiger charge is 2.08. The van der Waals surface area contributed by atoms with Gasteiger partial charge < -0.3 is 16.0 Å². The smallest absolute Gasteiger partial charge is 0.255 e. The van der Waals surface area contributed by atoms with Gasteiger partial charge in [-0.2, -0.15) is 5.26 Å². The molecule has 4 rings (SSSR count). The van der Waals surface area contributed by atoms with Crippen molar-refractivity contribution in [3.8, 4) is 18.5 Å². The lowest BCUT2D eigenvalue weighted by Crippen LogP contribution is -2.11. The Bertz CT molecular complexity index is 1590. The molecule has 0 aliphatic carbocycles. The average Bonchev–Trinajstić information content (AvgIpc) is 2.90. The van der Waals surface area contributed by atoms with Crippen LogP contribution >= 0.6 is 0 Å². The van der Waals surface area contributed by atoms with Crippen molar-refractivity contribution in [3.63, 3.8) is 0 Å². The van der Waals surface area contributed by atoms with Gasteiger partial charge in [0.25, 0.3) is 5.91 Å². The molecule has 37 heavy (non-hydrogen) atoms. The van der Waals surface area contributed by atoms with E-state index in [-0.39, 0.29) is 5.91 Å². The van der Waals surface area contributed by atoms with Crippen LogP contribution in [0.3, 0.4) is 0 Å². The topological polar surface area (TPSA) is 102 Å². The summed E-state index contributed by atoms with van der Waals surface area (Å²) in [7, 11) is 0. The van der Waals surface area contributed by atoms with Crippen molar-refractivity contribution in [1.29, 1.82) is 5.26 Å². The second-order valence-electron chi connectivity index (χ2n) is 8.27. The number of amides is 1. The number of nitrogens with zero attached hydrogens (tertiary/aromatic N) is 3. The fourth-order valence-electron chi connectivity index (χ4n) is 3.74. The predicted octanol–water partition coefficient (Wildman–Crippen LogP) is 6.47. The largest absolute Gasteiger partial charge is 0.359 e. The van der Waals surface area contributed by atoms with Gasteiger partial charge in [0.1, 0.15) is 0 Å². The van der Waals surface area contributed by atoms with Crippen LogP contribution in [-0.4, -0.2) is 16.6 Å². The van der Waals surface area contributed by atoms with E-state index in [9.17, 15) is 10.1 Å². The van der Waals surface area contributed by atoms with E-state index in [1.54, 1.807) is 30.5 Å². The Morgan fingerprint density at radius 3 is 2.30 bits per heavy atom. The number of hydrogen-bond donors (Lipinski definition) is 3. The number of terminal acetylenes is 1. The number of benzene rings is 3. The lowest BCUT2D eigenvalue weighted by atomic mass is 10.1. The summed E-state index contributed by atoms with van der Waals surface area (Å²) in [6.45, 7) is 3.75. The molecule has 0 radical (unpaired) electrons. The lowest BCUT2D eigenvalue weighted by Gasteiger charge is -2.11. The highest BCUT2D eigenvalue weighted by Crippen LogP contribution is 2.26. The Kier molecular flexibility index (Phi) is 7.58. The van der Waals surface area contributed by atoms with E-state index >= 15 is 0 Å². The molecule has 3 aromatic carbocycles. The molecule has 0 unspecified atom stereocenters. The first kappa shape index (κ1) is 24.7. The first-order valence-corrected chi connectivity index (χ1v) is 11.5. The molecule has 4 aromatic rings.